The van der Waals surface area contributed by atoms with Gasteiger partial charge in [0.25, 0.3) is 0 Å². The quantitative estimate of drug-likeness (QED) is 0.0566. The van der Waals surface area contributed by atoms with E-state index in [1.807, 2.05) is 6.08 Å². The van der Waals surface area contributed by atoms with E-state index in [-0.39, 0.29) is 53.5 Å². The third-order valence-electron chi connectivity index (χ3n) is 10.9. The van der Waals surface area contributed by atoms with Crippen LogP contribution in [0.4, 0.5) is 0 Å². The van der Waals surface area contributed by atoms with E-state index in [4.69, 9.17) is 32.9 Å². The molecule has 0 aliphatic carbocycles. The van der Waals surface area contributed by atoms with Crippen LogP contribution in [0.1, 0.15) is 99.8 Å². The molecule has 2 heterocycles. The highest BCUT2D eigenvalue weighted by Gasteiger charge is 2.44. The maximum atomic E-state index is 10.7. The minimum Gasteiger partial charge on any atom is -0.472 e. The molecule has 0 saturated carbocycles. The van der Waals surface area contributed by atoms with Gasteiger partial charge >= 0.3 is 5.97 Å². The topological polar surface area (TPSA) is 92.7 Å². The van der Waals surface area contributed by atoms with Gasteiger partial charge in [0.15, 0.2) is 16.6 Å². The minimum atomic E-state index is -2.18. The number of methoxy groups -OCH3 is 1. The Labute approximate surface area is 324 Å². The first kappa shape index (κ1) is 47.1. The van der Waals surface area contributed by atoms with E-state index in [2.05, 4.69) is 130 Å². The first-order chi connectivity index (χ1) is 24.6. The van der Waals surface area contributed by atoms with Gasteiger partial charge in [0, 0.05) is 19.5 Å². The minimum absolute atomic E-state index is 0.0214. The van der Waals surface area contributed by atoms with Gasteiger partial charge in [-0.1, -0.05) is 108 Å². The molecule has 0 aromatic rings. The molecule has 53 heavy (non-hydrogen) atoms. The van der Waals surface area contributed by atoms with Crippen molar-refractivity contribution in [3.05, 3.63) is 60.3 Å². The van der Waals surface area contributed by atoms with E-state index in [9.17, 15) is 4.79 Å². The molecular formula is C43H72O8Si2. The number of carboxylic acids is 1. The maximum absolute atomic E-state index is 10.7. The van der Waals surface area contributed by atoms with Crippen molar-refractivity contribution in [3.8, 4) is 11.8 Å². The number of hydrogen-bond acceptors (Lipinski definition) is 7. The number of carboxylic acid groups (broad SMARTS) is 1. The van der Waals surface area contributed by atoms with Gasteiger partial charge in [-0.2, -0.15) is 0 Å². The molecule has 0 fully saturated rings. The molecule has 1 N–H and O–H groups in total. The van der Waals surface area contributed by atoms with Crippen LogP contribution in [0.3, 0.4) is 0 Å². The lowest BCUT2D eigenvalue weighted by molar-refractivity contribution is -0.130. The SMILES string of the molecule is C=C(CCC[C@@H]1CC=C[C@@H](CC#CC(=O)O)O1)C[C@@H](/C=C/C[C@H](O[Si](C)(C)C(C)(C)C)[C@H](C=C[C@@H]1CC(C)=CCO1)O[Si](C)(C)C(C)(C)C)OCOC. The summed E-state index contributed by atoms with van der Waals surface area (Å²) in [7, 11) is -2.72. The average Bonchev–Trinajstić information content (AvgIpc) is 3.04. The molecule has 0 aromatic carbocycles. The highest BCUT2D eigenvalue weighted by atomic mass is 28.4. The molecule has 8 nitrogen and oxygen atoms in total. The van der Waals surface area contributed by atoms with E-state index in [0.29, 0.717) is 25.9 Å². The molecule has 0 amide bonds. The van der Waals surface area contributed by atoms with Crippen molar-refractivity contribution in [2.75, 3.05) is 20.5 Å². The number of carbonyl (C=O) groups is 1. The third kappa shape index (κ3) is 17.5. The zero-order valence-corrected chi connectivity index (χ0v) is 37.1. The predicted octanol–water partition coefficient (Wildman–Crippen LogP) is 10.3. The summed E-state index contributed by atoms with van der Waals surface area (Å²) in [4.78, 5) is 10.7. The fraction of sp³-hybridized carbons (Fsp3) is 0.698. The van der Waals surface area contributed by atoms with Crippen molar-refractivity contribution in [1.29, 1.82) is 0 Å². The highest BCUT2D eigenvalue weighted by molar-refractivity contribution is 6.74. The molecule has 2 aliphatic heterocycles. The lowest BCUT2D eigenvalue weighted by Gasteiger charge is -2.44. The summed E-state index contributed by atoms with van der Waals surface area (Å²) in [5.41, 5.74) is 2.46. The summed E-state index contributed by atoms with van der Waals surface area (Å²) < 4.78 is 38.1. The molecule has 0 saturated heterocycles. The van der Waals surface area contributed by atoms with E-state index < -0.39 is 22.6 Å². The van der Waals surface area contributed by atoms with Crippen molar-refractivity contribution in [3.63, 3.8) is 0 Å². The summed E-state index contributed by atoms with van der Waals surface area (Å²) >= 11 is 0. The molecule has 0 spiro atoms. The standard InChI is InChI=1S/C43H72O8Si2/c1-33(18-14-19-35-20-15-21-36(49-35)22-17-25-41(44)45)30-37(48-32-46-9)23-16-24-39(50-52(10,11)42(3,4)5)40(51-53(12,13)43(6,7)8)27-26-38-31-34(2)28-29-47-38/h15-16,21,23,26-28,35-40H,1,14,18-20,22,24,29-32H2,2-13H3,(H,44,45)/b23-16+,27-26?/t35-,36+,37-,38-,39+,40+/m1/s1. The molecule has 2 aliphatic rings. The van der Waals surface area contributed by atoms with Gasteiger partial charge in [0.2, 0.25) is 0 Å². The van der Waals surface area contributed by atoms with Crippen molar-refractivity contribution in [2.24, 2.45) is 0 Å². The van der Waals surface area contributed by atoms with Crippen LogP contribution in [-0.2, 0) is 32.6 Å². The Kier molecular flexibility index (Phi) is 19.4. The Morgan fingerprint density at radius 2 is 1.77 bits per heavy atom. The molecule has 0 radical (unpaired) electrons. The Hall–Kier alpha value is -2.08. The second-order valence-corrected chi connectivity index (χ2v) is 27.2. The van der Waals surface area contributed by atoms with Crippen LogP contribution in [-0.4, -0.2) is 84.8 Å². The van der Waals surface area contributed by atoms with Crippen LogP contribution < -0.4 is 0 Å². The number of aliphatic carboxylic acids is 1. The van der Waals surface area contributed by atoms with Gasteiger partial charge in [-0.3, -0.25) is 0 Å². The highest BCUT2D eigenvalue weighted by Crippen LogP contribution is 2.41. The summed E-state index contributed by atoms with van der Waals surface area (Å²) in [6.07, 6.45) is 20.4. The van der Waals surface area contributed by atoms with Gasteiger partial charge < -0.3 is 32.9 Å². The van der Waals surface area contributed by atoms with Gasteiger partial charge in [0.1, 0.15) is 6.79 Å². The Morgan fingerprint density at radius 1 is 1.09 bits per heavy atom. The second-order valence-electron chi connectivity index (χ2n) is 17.7. The van der Waals surface area contributed by atoms with Crippen LogP contribution in [0, 0.1) is 11.8 Å². The van der Waals surface area contributed by atoms with E-state index >= 15 is 0 Å². The van der Waals surface area contributed by atoms with Crippen LogP contribution in [0.5, 0.6) is 0 Å². The summed E-state index contributed by atoms with van der Waals surface area (Å²) in [6.45, 7) is 30.3. The van der Waals surface area contributed by atoms with E-state index in [1.54, 1.807) is 7.11 Å². The fourth-order valence-electron chi connectivity index (χ4n) is 5.62. The monoisotopic (exact) mass is 772 g/mol. The average molecular weight is 773 g/mol. The van der Waals surface area contributed by atoms with Crippen molar-refractivity contribution in [1.82, 2.24) is 0 Å². The van der Waals surface area contributed by atoms with Gasteiger partial charge in [-0.15, -0.1) is 0 Å². The molecule has 0 unspecified atom stereocenters. The smallest absolute Gasteiger partial charge is 0.381 e. The first-order valence-electron chi connectivity index (χ1n) is 19.4. The maximum Gasteiger partial charge on any atom is 0.381 e. The second kappa shape index (κ2) is 21.9. The predicted molar refractivity (Wildman–Crippen MR) is 222 cm³/mol. The number of rotatable bonds is 20. The van der Waals surface area contributed by atoms with Crippen LogP contribution in [0.15, 0.2) is 60.3 Å². The molecule has 0 bridgehead atoms. The van der Waals surface area contributed by atoms with Crippen molar-refractivity contribution in [2.45, 2.75) is 173 Å². The number of ether oxygens (including phenoxy) is 4. The van der Waals surface area contributed by atoms with Gasteiger partial charge in [0.05, 0.1) is 43.2 Å². The molecule has 300 valence electrons. The summed E-state index contributed by atoms with van der Waals surface area (Å²) in [5.74, 6) is 3.73. The number of hydrogen-bond donors (Lipinski definition) is 1. The molecule has 0 aromatic heterocycles. The third-order valence-corrected chi connectivity index (χ3v) is 19.9. The largest absolute Gasteiger partial charge is 0.472 e. The van der Waals surface area contributed by atoms with E-state index in [1.165, 1.54) is 5.57 Å². The zero-order valence-electron chi connectivity index (χ0n) is 35.1. The molecule has 2 rings (SSSR count). The summed E-state index contributed by atoms with van der Waals surface area (Å²) in [5, 5.41) is 8.86. The van der Waals surface area contributed by atoms with Crippen molar-refractivity contribution < 1.29 is 37.7 Å². The van der Waals surface area contributed by atoms with Crippen LogP contribution in [0.25, 0.3) is 0 Å². The lowest BCUT2D eigenvalue weighted by atomic mass is 9.99. The normalized spacial score (nSPS) is 22.0. The molecule has 10 heteroatoms. The van der Waals surface area contributed by atoms with Crippen molar-refractivity contribution >= 4 is 22.6 Å². The Bertz CT molecular complexity index is 1340. The Balaban J connectivity index is 2.22. The zero-order chi connectivity index (χ0) is 39.9. The molecule has 6 atom stereocenters. The van der Waals surface area contributed by atoms with Crippen LogP contribution in [0.2, 0.25) is 36.3 Å². The first-order valence-corrected chi connectivity index (χ1v) is 25.2. The summed E-state index contributed by atoms with van der Waals surface area (Å²) in [6, 6.07) is 0. The molecular weight excluding hydrogens is 701 g/mol. The van der Waals surface area contributed by atoms with Crippen LogP contribution >= 0.6 is 0 Å². The van der Waals surface area contributed by atoms with E-state index in [0.717, 1.165) is 37.7 Å². The van der Waals surface area contributed by atoms with Gasteiger partial charge in [-0.25, -0.2) is 4.79 Å². The Morgan fingerprint density at radius 3 is 2.40 bits per heavy atom. The fourth-order valence-corrected chi connectivity index (χ4v) is 8.22. The van der Waals surface area contributed by atoms with Gasteiger partial charge in [-0.05, 0) is 88.1 Å². The lowest BCUT2D eigenvalue weighted by Crippen LogP contribution is -2.51.